The van der Waals surface area contributed by atoms with E-state index in [2.05, 4.69) is 19.1 Å². The summed E-state index contributed by atoms with van der Waals surface area (Å²) in [6.07, 6.45) is 2.72. The van der Waals surface area contributed by atoms with E-state index in [1.807, 2.05) is 21.9 Å². The summed E-state index contributed by atoms with van der Waals surface area (Å²) >= 11 is 0. The Morgan fingerprint density at radius 2 is 1.96 bits per heavy atom. The van der Waals surface area contributed by atoms with Crippen molar-refractivity contribution in [3.63, 3.8) is 0 Å². The van der Waals surface area contributed by atoms with Crippen LogP contribution in [0.25, 0.3) is 0 Å². The van der Waals surface area contributed by atoms with Crippen LogP contribution in [0.3, 0.4) is 0 Å². The maximum Gasteiger partial charge on any atom is 0.233 e. The van der Waals surface area contributed by atoms with Crippen LogP contribution < -0.4 is 0 Å². The molecule has 5 heteroatoms. The highest BCUT2D eigenvalue weighted by atomic mass is 16.5. The lowest BCUT2D eigenvalue weighted by Crippen LogP contribution is -2.62. The van der Waals surface area contributed by atoms with Gasteiger partial charge >= 0.3 is 0 Å². The Balaban J connectivity index is 1.55. The van der Waals surface area contributed by atoms with Crippen molar-refractivity contribution in [3.8, 4) is 0 Å². The molecule has 0 bridgehead atoms. The second kappa shape index (κ2) is 6.13. The number of piperidine rings is 1. The maximum absolute atomic E-state index is 13.4. The Morgan fingerprint density at radius 3 is 2.64 bits per heavy atom. The Morgan fingerprint density at radius 1 is 1.20 bits per heavy atom. The number of benzene rings is 1. The first-order valence-corrected chi connectivity index (χ1v) is 9.27. The number of hydrogen-bond donors (Lipinski definition) is 0. The topological polar surface area (TPSA) is 49.9 Å². The average Bonchev–Trinajstić information content (AvgIpc) is 3.42. The van der Waals surface area contributed by atoms with Crippen molar-refractivity contribution in [2.45, 2.75) is 50.7 Å². The van der Waals surface area contributed by atoms with Gasteiger partial charge < -0.3 is 14.5 Å². The van der Waals surface area contributed by atoms with Crippen molar-refractivity contribution < 1.29 is 14.3 Å². The lowest BCUT2D eigenvalue weighted by Gasteiger charge is -2.47. The predicted molar refractivity (Wildman–Crippen MR) is 94.2 cm³/mol. The maximum atomic E-state index is 13.4. The van der Waals surface area contributed by atoms with Gasteiger partial charge in [-0.15, -0.1) is 0 Å². The Hall–Kier alpha value is -1.88. The average molecular weight is 342 g/mol. The molecule has 0 aromatic heterocycles. The molecule has 2 amide bonds. The molecule has 0 spiro atoms. The van der Waals surface area contributed by atoms with Gasteiger partial charge in [-0.1, -0.05) is 24.3 Å². The van der Waals surface area contributed by atoms with Crippen LogP contribution in [0, 0.1) is 6.92 Å². The summed E-state index contributed by atoms with van der Waals surface area (Å²) in [5.41, 5.74) is 2.02. The molecule has 0 radical (unpaired) electrons. The summed E-state index contributed by atoms with van der Waals surface area (Å²) in [4.78, 5) is 29.2. The second-order valence-corrected chi connectivity index (χ2v) is 7.63. The third-order valence-electron chi connectivity index (χ3n) is 6.10. The summed E-state index contributed by atoms with van der Waals surface area (Å²) in [5.74, 6) is 0.307. The first-order valence-electron chi connectivity index (χ1n) is 9.27. The summed E-state index contributed by atoms with van der Waals surface area (Å²) in [7, 11) is 0. The third kappa shape index (κ3) is 2.74. The van der Waals surface area contributed by atoms with E-state index in [4.69, 9.17) is 4.74 Å². The van der Waals surface area contributed by atoms with E-state index in [9.17, 15) is 9.59 Å². The summed E-state index contributed by atoms with van der Waals surface area (Å²) < 4.78 is 5.86. The molecular weight excluding hydrogens is 316 g/mol. The van der Waals surface area contributed by atoms with E-state index in [1.165, 1.54) is 11.1 Å². The molecule has 2 unspecified atom stereocenters. The SMILES string of the molecule is CC(=O)N1CCOC2CCN(C(=O)C3(c4ccccc4C)CC3)CC21. The fraction of sp³-hybridized carbons (Fsp3) is 0.600. The highest BCUT2D eigenvalue weighted by Crippen LogP contribution is 2.51. The minimum absolute atomic E-state index is 0.00313. The third-order valence-corrected chi connectivity index (χ3v) is 6.10. The van der Waals surface area contributed by atoms with Gasteiger partial charge in [0.05, 0.1) is 24.2 Å². The van der Waals surface area contributed by atoms with E-state index < -0.39 is 0 Å². The zero-order valence-corrected chi connectivity index (χ0v) is 15.0. The zero-order chi connectivity index (χ0) is 17.6. The molecule has 2 atom stereocenters. The van der Waals surface area contributed by atoms with Gasteiger partial charge in [0.15, 0.2) is 0 Å². The Bertz CT molecular complexity index is 698. The summed E-state index contributed by atoms with van der Waals surface area (Å²) in [5, 5.41) is 0. The van der Waals surface area contributed by atoms with Crippen molar-refractivity contribution in [2.75, 3.05) is 26.2 Å². The molecule has 1 aromatic rings. The first-order chi connectivity index (χ1) is 12.0. The number of likely N-dealkylation sites (tertiary alicyclic amines) is 1. The molecule has 0 N–H and O–H groups in total. The van der Waals surface area contributed by atoms with E-state index in [1.54, 1.807) is 6.92 Å². The van der Waals surface area contributed by atoms with E-state index in [0.29, 0.717) is 19.7 Å². The van der Waals surface area contributed by atoms with Crippen LogP contribution >= 0.6 is 0 Å². The van der Waals surface area contributed by atoms with Crippen LogP contribution in [0.15, 0.2) is 24.3 Å². The predicted octanol–water partition coefficient (Wildman–Crippen LogP) is 1.87. The fourth-order valence-electron chi connectivity index (χ4n) is 4.58. The normalized spacial score (nSPS) is 27.6. The number of hydrogen-bond acceptors (Lipinski definition) is 3. The Labute approximate surface area is 148 Å². The molecule has 3 fully saturated rings. The van der Waals surface area contributed by atoms with Gasteiger partial charge in [0.1, 0.15) is 0 Å². The molecule has 1 saturated carbocycles. The van der Waals surface area contributed by atoms with E-state index in [0.717, 1.165) is 25.8 Å². The summed E-state index contributed by atoms with van der Waals surface area (Å²) in [6, 6.07) is 8.22. The second-order valence-electron chi connectivity index (χ2n) is 7.63. The van der Waals surface area contributed by atoms with Crippen molar-refractivity contribution in [3.05, 3.63) is 35.4 Å². The zero-order valence-electron chi connectivity index (χ0n) is 15.0. The fourth-order valence-corrected chi connectivity index (χ4v) is 4.58. The van der Waals surface area contributed by atoms with Crippen LogP contribution in [0.5, 0.6) is 0 Å². The van der Waals surface area contributed by atoms with Gasteiger partial charge in [0, 0.05) is 26.6 Å². The number of nitrogens with zero attached hydrogens (tertiary/aromatic N) is 2. The van der Waals surface area contributed by atoms with Gasteiger partial charge in [-0.25, -0.2) is 0 Å². The van der Waals surface area contributed by atoms with E-state index >= 15 is 0 Å². The number of carbonyl (C=O) groups is 2. The van der Waals surface area contributed by atoms with Crippen molar-refractivity contribution in [1.29, 1.82) is 0 Å². The molecule has 1 aromatic carbocycles. The number of rotatable bonds is 2. The van der Waals surface area contributed by atoms with Gasteiger partial charge in [0.2, 0.25) is 11.8 Å². The summed E-state index contributed by atoms with van der Waals surface area (Å²) in [6.45, 7) is 6.24. The molecule has 25 heavy (non-hydrogen) atoms. The minimum Gasteiger partial charge on any atom is -0.374 e. The monoisotopic (exact) mass is 342 g/mol. The molecule has 2 saturated heterocycles. The molecular formula is C20H26N2O3. The highest BCUT2D eigenvalue weighted by molar-refractivity contribution is 5.92. The molecule has 3 aliphatic rings. The number of aryl methyl sites for hydroxylation is 1. The lowest BCUT2D eigenvalue weighted by molar-refractivity contribution is -0.157. The largest absolute Gasteiger partial charge is 0.374 e. The van der Waals surface area contributed by atoms with Crippen LogP contribution in [0.1, 0.15) is 37.3 Å². The van der Waals surface area contributed by atoms with Crippen LogP contribution in [-0.2, 0) is 19.7 Å². The van der Waals surface area contributed by atoms with Crippen molar-refractivity contribution in [1.82, 2.24) is 9.80 Å². The molecule has 2 heterocycles. The van der Waals surface area contributed by atoms with Gasteiger partial charge in [-0.2, -0.15) is 0 Å². The van der Waals surface area contributed by atoms with Crippen LogP contribution in [-0.4, -0.2) is 60.0 Å². The number of amides is 2. The molecule has 2 aliphatic heterocycles. The molecule has 5 nitrogen and oxygen atoms in total. The standard InChI is InChI=1S/C20H26N2O3/c1-14-5-3-4-6-16(14)20(8-9-20)19(24)21-10-7-18-17(13-21)22(15(2)23)11-12-25-18/h3-6,17-18H,7-13H2,1-2H3. The number of carbonyl (C=O) groups excluding carboxylic acids is 2. The van der Waals surface area contributed by atoms with Gasteiger partial charge in [-0.05, 0) is 37.3 Å². The molecule has 4 rings (SSSR count). The number of morpholine rings is 1. The van der Waals surface area contributed by atoms with Crippen molar-refractivity contribution in [2.24, 2.45) is 0 Å². The number of ether oxygens (including phenoxy) is 1. The first kappa shape index (κ1) is 16.6. The Kier molecular flexibility index (Phi) is 4.07. The smallest absolute Gasteiger partial charge is 0.233 e. The quantitative estimate of drug-likeness (QED) is 0.824. The molecule has 1 aliphatic carbocycles. The number of fused-ring (bicyclic) bond motifs is 1. The van der Waals surface area contributed by atoms with Crippen LogP contribution in [0.4, 0.5) is 0 Å². The van der Waals surface area contributed by atoms with Crippen LogP contribution in [0.2, 0.25) is 0 Å². The van der Waals surface area contributed by atoms with E-state index in [-0.39, 0.29) is 29.4 Å². The lowest BCUT2D eigenvalue weighted by atomic mass is 9.89. The van der Waals surface area contributed by atoms with Gasteiger partial charge in [-0.3, -0.25) is 9.59 Å². The molecule has 134 valence electrons. The minimum atomic E-state index is -0.339. The van der Waals surface area contributed by atoms with Crippen molar-refractivity contribution >= 4 is 11.8 Å². The highest BCUT2D eigenvalue weighted by Gasteiger charge is 2.54. The van der Waals surface area contributed by atoms with Gasteiger partial charge in [0.25, 0.3) is 0 Å².